The number of rotatable bonds is 5. The summed E-state index contributed by atoms with van der Waals surface area (Å²) in [6.07, 6.45) is 3.21. The van der Waals surface area contributed by atoms with Crippen molar-refractivity contribution in [1.82, 2.24) is 19.6 Å². The van der Waals surface area contributed by atoms with Gasteiger partial charge in [-0.25, -0.2) is 13.1 Å². The predicted octanol–water partition coefficient (Wildman–Crippen LogP) is 2.49. The SMILES string of the molecule is CCn1nccc1Cn1ncc2cc(S(=O)(=O)c3ccccc3)ccc2c1=O. The summed E-state index contributed by atoms with van der Waals surface area (Å²) in [7, 11) is -3.65. The smallest absolute Gasteiger partial charge is 0.268 e. The van der Waals surface area contributed by atoms with E-state index in [-0.39, 0.29) is 15.4 Å². The zero-order valence-corrected chi connectivity index (χ0v) is 16.0. The largest absolute Gasteiger partial charge is 0.274 e. The van der Waals surface area contributed by atoms with Gasteiger partial charge in [-0.05, 0) is 43.3 Å². The lowest BCUT2D eigenvalue weighted by molar-refractivity contribution is 0.563. The number of aromatic nitrogens is 4. The average molecular weight is 394 g/mol. The van der Waals surface area contributed by atoms with Gasteiger partial charge in [0.15, 0.2) is 0 Å². The van der Waals surface area contributed by atoms with Crippen LogP contribution in [0.25, 0.3) is 10.8 Å². The fraction of sp³-hybridized carbons (Fsp3) is 0.150. The van der Waals surface area contributed by atoms with Gasteiger partial charge in [0.2, 0.25) is 9.84 Å². The van der Waals surface area contributed by atoms with Crippen LogP contribution in [0.15, 0.2) is 81.6 Å². The molecule has 2 aromatic carbocycles. The van der Waals surface area contributed by atoms with Crippen molar-refractivity contribution in [2.45, 2.75) is 29.8 Å². The Morgan fingerprint density at radius 2 is 1.71 bits per heavy atom. The minimum Gasteiger partial charge on any atom is -0.268 e. The molecule has 4 aromatic rings. The van der Waals surface area contributed by atoms with Gasteiger partial charge in [0.1, 0.15) is 0 Å². The molecule has 2 heterocycles. The summed E-state index contributed by atoms with van der Waals surface area (Å²) in [6.45, 7) is 2.97. The van der Waals surface area contributed by atoms with E-state index in [1.54, 1.807) is 47.3 Å². The fourth-order valence-corrected chi connectivity index (χ4v) is 4.43. The number of aryl methyl sites for hydroxylation is 1. The summed E-state index contributed by atoms with van der Waals surface area (Å²) in [5, 5.41) is 9.33. The Labute approximate surface area is 161 Å². The van der Waals surface area contributed by atoms with Crippen LogP contribution in [0, 0.1) is 0 Å². The van der Waals surface area contributed by atoms with Crippen LogP contribution >= 0.6 is 0 Å². The second kappa shape index (κ2) is 7.05. The predicted molar refractivity (Wildman–Crippen MR) is 105 cm³/mol. The molecule has 8 heteroatoms. The number of fused-ring (bicyclic) bond motifs is 1. The van der Waals surface area contributed by atoms with Crippen LogP contribution < -0.4 is 5.56 Å². The topological polar surface area (TPSA) is 86.8 Å². The molecule has 0 N–H and O–H groups in total. The van der Waals surface area contributed by atoms with Crippen LogP contribution in [0.2, 0.25) is 0 Å². The Bertz CT molecular complexity index is 1310. The van der Waals surface area contributed by atoms with Crippen molar-refractivity contribution >= 4 is 20.6 Å². The molecule has 0 amide bonds. The van der Waals surface area contributed by atoms with Crippen LogP contribution in [0.1, 0.15) is 12.6 Å². The Balaban J connectivity index is 1.76. The van der Waals surface area contributed by atoms with E-state index in [1.165, 1.54) is 23.0 Å². The van der Waals surface area contributed by atoms with Gasteiger partial charge < -0.3 is 0 Å². The molecule has 142 valence electrons. The van der Waals surface area contributed by atoms with Gasteiger partial charge in [0.25, 0.3) is 5.56 Å². The first-order valence-electron chi connectivity index (χ1n) is 8.81. The summed E-state index contributed by atoms with van der Waals surface area (Å²) in [5.74, 6) is 0. The van der Waals surface area contributed by atoms with Crippen molar-refractivity contribution < 1.29 is 8.42 Å². The zero-order valence-electron chi connectivity index (χ0n) is 15.2. The molecular formula is C20H18N4O3S. The molecule has 0 aliphatic carbocycles. The Morgan fingerprint density at radius 1 is 0.929 bits per heavy atom. The molecule has 0 unspecified atom stereocenters. The van der Waals surface area contributed by atoms with Gasteiger partial charge in [0, 0.05) is 18.1 Å². The van der Waals surface area contributed by atoms with E-state index in [4.69, 9.17) is 0 Å². The molecular weight excluding hydrogens is 376 g/mol. The second-order valence-corrected chi connectivity index (χ2v) is 8.26. The van der Waals surface area contributed by atoms with Crippen molar-refractivity contribution in [3.63, 3.8) is 0 Å². The molecule has 4 rings (SSSR count). The van der Waals surface area contributed by atoms with Crippen LogP contribution in [0.4, 0.5) is 0 Å². The number of hydrogen-bond acceptors (Lipinski definition) is 5. The summed E-state index contributed by atoms with van der Waals surface area (Å²) >= 11 is 0. The van der Waals surface area contributed by atoms with Crippen LogP contribution in [0.5, 0.6) is 0 Å². The van der Waals surface area contributed by atoms with Crippen molar-refractivity contribution in [1.29, 1.82) is 0 Å². The number of nitrogens with zero attached hydrogens (tertiary/aromatic N) is 4. The zero-order chi connectivity index (χ0) is 19.7. The number of benzene rings is 2. The molecule has 0 aliphatic rings. The van der Waals surface area contributed by atoms with Gasteiger partial charge >= 0.3 is 0 Å². The quantitative estimate of drug-likeness (QED) is 0.519. The monoisotopic (exact) mass is 394 g/mol. The molecule has 2 aromatic heterocycles. The van der Waals surface area contributed by atoms with Crippen molar-refractivity contribution in [2.24, 2.45) is 0 Å². The van der Waals surface area contributed by atoms with Crippen LogP contribution in [0.3, 0.4) is 0 Å². The summed E-state index contributed by atoms with van der Waals surface area (Å²) in [4.78, 5) is 13.2. The molecule has 28 heavy (non-hydrogen) atoms. The third-order valence-electron chi connectivity index (χ3n) is 4.60. The fourth-order valence-electron chi connectivity index (χ4n) is 3.11. The Morgan fingerprint density at radius 3 is 2.46 bits per heavy atom. The first-order valence-corrected chi connectivity index (χ1v) is 10.3. The first kappa shape index (κ1) is 18.1. The summed E-state index contributed by atoms with van der Waals surface area (Å²) < 4.78 is 28.8. The van der Waals surface area contributed by atoms with E-state index in [9.17, 15) is 13.2 Å². The van der Waals surface area contributed by atoms with Gasteiger partial charge in [-0.3, -0.25) is 9.48 Å². The molecule has 0 spiro atoms. The third-order valence-corrected chi connectivity index (χ3v) is 6.37. The van der Waals surface area contributed by atoms with Crippen molar-refractivity contribution in [3.8, 4) is 0 Å². The van der Waals surface area contributed by atoms with E-state index >= 15 is 0 Å². The molecule has 0 bridgehead atoms. The summed E-state index contributed by atoms with van der Waals surface area (Å²) in [6, 6.07) is 14.6. The minimum atomic E-state index is -3.65. The van der Waals surface area contributed by atoms with Crippen LogP contribution in [-0.4, -0.2) is 28.0 Å². The maximum absolute atomic E-state index is 12.8. The normalized spacial score (nSPS) is 11.8. The van der Waals surface area contributed by atoms with E-state index in [0.717, 1.165) is 5.69 Å². The number of hydrogen-bond donors (Lipinski definition) is 0. The van der Waals surface area contributed by atoms with E-state index in [2.05, 4.69) is 10.2 Å². The van der Waals surface area contributed by atoms with Gasteiger partial charge in [-0.15, -0.1) is 0 Å². The highest BCUT2D eigenvalue weighted by molar-refractivity contribution is 7.91. The lowest BCUT2D eigenvalue weighted by Gasteiger charge is -2.09. The molecule has 0 saturated carbocycles. The molecule has 0 saturated heterocycles. The van der Waals surface area contributed by atoms with E-state index < -0.39 is 9.84 Å². The number of sulfone groups is 1. The Hall–Kier alpha value is -3.26. The third kappa shape index (κ3) is 3.11. The lowest BCUT2D eigenvalue weighted by atomic mass is 10.2. The van der Waals surface area contributed by atoms with Gasteiger partial charge in [0.05, 0.1) is 33.6 Å². The standard InChI is InChI=1S/C20H18N4O3S/c1-2-23-16(10-11-21-23)14-24-20(25)19-9-8-18(12-15(19)13-22-24)28(26,27)17-6-4-3-5-7-17/h3-13H,2,14H2,1H3. The van der Waals surface area contributed by atoms with Crippen LogP contribution in [-0.2, 0) is 22.9 Å². The maximum Gasteiger partial charge on any atom is 0.274 e. The van der Waals surface area contributed by atoms with E-state index in [1.807, 2.05) is 13.0 Å². The second-order valence-electron chi connectivity index (χ2n) is 6.31. The molecule has 0 fully saturated rings. The van der Waals surface area contributed by atoms with Crippen molar-refractivity contribution in [3.05, 3.63) is 83.0 Å². The molecule has 7 nitrogen and oxygen atoms in total. The van der Waals surface area contributed by atoms with Gasteiger partial charge in [-0.2, -0.15) is 10.2 Å². The Kier molecular flexibility index (Phi) is 4.56. The van der Waals surface area contributed by atoms with Crippen molar-refractivity contribution in [2.75, 3.05) is 0 Å². The first-order chi connectivity index (χ1) is 13.5. The average Bonchev–Trinajstić information content (AvgIpc) is 3.17. The molecule has 0 atom stereocenters. The molecule has 0 radical (unpaired) electrons. The lowest BCUT2D eigenvalue weighted by Crippen LogP contribution is -2.24. The molecule has 0 aliphatic heterocycles. The maximum atomic E-state index is 12.8. The highest BCUT2D eigenvalue weighted by Gasteiger charge is 2.18. The summed E-state index contributed by atoms with van der Waals surface area (Å²) in [5.41, 5.74) is 0.602. The van der Waals surface area contributed by atoms with E-state index in [0.29, 0.717) is 23.9 Å². The van der Waals surface area contributed by atoms with Gasteiger partial charge in [-0.1, -0.05) is 18.2 Å². The highest BCUT2D eigenvalue weighted by Crippen LogP contribution is 2.23. The highest BCUT2D eigenvalue weighted by atomic mass is 32.2. The minimum absolute atomic E-state index is 0.134.